The highest BCUT2D eigenvalue weighted by Crippen LogP contribution is 2.37. The number of para-hydroxylation sites is 1. The van der Waals surface area contributed by atoms with Crippen molar-refractivity contribution in [2.75, 3.05) is 0 Å². The number of furan rings is 1. The minimum Gasteiger partial charge on any atom is -0.537 e. The third kappa shape index (κ3) is 2.05. The van der Waals surface area contributed by atoms with E-state index in [9.17, 15) is 0 Å². The molecule has 0 saturated carbocycles. The summed E-state index contributed by atoms with van der Waals surface area (Å²) >= 11 is 0. The summed E-state index contributed by atoms with van der Waals surface area (Å²) in [5.41, 5.74) is 3.82. The maximum Gasteiger partial charge on any atom is 0.569 e. The Labute approximate surface area is 128 Å². The smallest absolute Gasteiger partial charge is 0.537 e. The molecule has 0 bridgehead atoms. The fourth-order valence-electron chi connectivity index (χ4n) is 2.81. The standard InChI is InChI=1S/C18H12BO3/c20-19-22-13-6-3-5-12(11-13)14-8-4-10-17-18(14)15-7-1-2-9-16(15)21-17/h1-11,20H. The molecule has 4 heteroatoms. The van der Waals surface area contributed by atoms with Crippen molar-refractivity contribution in [3.8, 4) is 16.9 Å². The van der Waals surface area contributed by atoms with Gasteiger partial charge in [-0.05, 0) is 35.4 Å². The highest BCUT2D eigenvalue weighted by Gasteiger charge is 2.12. The molecule has 0 aliphatic rings. The predicted octanol–water partition coefficient (Wildman–Crippen LogP) is 4.16. The Balaban J connectivity index is 2.00. The van der Waals surface area contributed by atoms with Gasteiger partial charge in [0.2, 0.25) is 0 Å². The Bertz CT molecular complexity index is 959. The molecule has 105 valence electrons. The van der Waals surface area contributed by atoms with Crippen LogP contribution in [0.2, 0.25) is 0 Å². The highest BCUT2D eigenvalue weighted by molar-refractivity contribution is 6.17. The van der Waals surface area contributed by atoms with Crippen LogP contribution in [0, 0.1) is 0 Å². The summed E-state index contributed by atoms with van der Waals surface area (Å²) in [6.07, 6.45) is 0. The van der Waals surface area contributed by atoms with Gasteiger partial charge in [0.05, 0.1) is 0 Å². The van der Waals surface area contributed by atoms with Gasteiger partial charge in [-0.3, -0.25) is 0 Å². The zero-order chi connectivity index (χ0) is 14.9. The van der Waals surface area contributed by atoms with Crippen LogP contribution < -0.4 is 4.65 Å². The molecule has 0 atom stereocenters. The van der Waals surface area contributed by atoms with Crippen molar-refractivity contribution in [1.29, 1.82) is 0 Å². The Morgan fingerprint density at radius 2 is 1.68 bits per heavy atom. The van der Waals surface area contributed by atoms with Crippen molar-refractivity contribution < 1.29 is 14.1 Å². The maximum absolute atomic E-state index is 8.80. The topological polar surface area (TPSA) is 42.6 Å². The summed E-state index contributed by atoms with van der Waals surface area (Å²) in [7, 11) is 0.687. The lowest BCUT2D eigenvalue weighted by atomic mass is 9.99. The number of benzene rings is 3. The van der Waals surface area contributed by atoms with Crippen molar-refractivity contribution in [3.05, 3.63) is 66.7 Å². The monoisotopic (exact) mass is 287 g/mol. The molecule has 1 N–H and O–H groups in total. The summed E-state index contributed by atoms with van der Waals surface area (Å²) in [6.45, 7) is 0. The first-order chi connectivity index (χ1) is 10.9. The van der Waals surface area contributed by atoms with Crippen LogP contribution in [-0.4, -0.2) is 12.7 Å². The van der Waals surface area contributed by atoms with Gasteiger partial charge >= 0.3 is 7.69 Å². The Kier molecular flexibility index (Phi) is 3.09. The van der Waals surface area contributed by atoms with Crippen LogP contribution in [0.5, 0.6) is 5.75 Å². The number of rotatable bonds is 3. The summed E-state index contributed by atoms with van der Waals surface area (Å²) in [6, 6.07) is 21.6. The van der Waals surface area contributed by atoms with Gasteiger partial charge in [-0.1, -0.05) is 42.5 Å². The van der Waals surface area contributed by atoms with Crippen molar-refractivity contribution in [2.45, 2.75) is 0 Å². The molecule has 22 heavy (non-hydrogen) atoms. The second-order valence-corrected chi connectivity index (χ2v) is 5.03. The average molecular weight is 287 g/mol. The zero-order valence-corrected chi connectivity index (χ0v) is 11.7. The van der Waals surface area contributed by atoms with E-state index in [1.807, 2.05) is 48.5 Å². The van der Waals surface area contributed by atoms with Gasteiger partial charge in [0.1, 0.15) is 16.9 Å². The minimum atomic E-state index is 0.588. The lowest BCUT2D eigenvalue weighted by Crippen LogP contribution is -1.99. The van der Waals surface area contributed by atoms with Gasteiger partial charge in [0.15, 0.2) is 0 Å². The Hall–Kier alpha value is -2.72. The van der Waals surface area contributed by atoms with Gasteiger partial charge in [-0.15, -0.1) is 0 Å². The van der Waals surface area contributed by atoms with E-state index in [0.29, 0.717) is 13.4 Å². The van der Waals surface area contributed by atoms with Crippen LogP contribution in [0.25, 0.3) is 33.1 Å². The van der Waals surface area contributed by atoms with Crippen LogP contribution in [0.3, 0.4) is 0 Å². The van der Waals surface area contributed by atoms with E-state index in [-0.39, 0.29) is 0 Å². The summed E-state index contributed by atoms with van der Waals surface area (Å²) in [5, 5.41) is 11.0. The molecule has 0 unspecified atom stereocenters. The molecular formula is C18H12BO3. The minimum absolute atomic E-state index is 0.588. The largest absolute Gasteiger partial charge is 0.569 e. The number of fused-ring (bicyclic) bond motifs is 3. The lowest BCUT2D eigenvalue weighted by molar-refractivity contribution is 0.454. The SMILES string of the molecule is O[B]Oc1cccc(-c2cccc3oc4ccccc4c23)c1. The van der Waals surface area contributed by atoms with Gasteiger partial charge in [-0.2, -0.15) is 0 Å². The van der Waals surface area contributed by atoms with E-state index in [1.165, 1.54) is 0 Å². The first-order valence-electron chi connectivity index (χ1n) is 7.00. The van der Waals surface area contributed by atoms with Gasteiger partial charge in [0.25, 0.3) is 0 Å². The molecular weight excluding hydrogens is 275 g/mol. The van der Waals surface area contributed by atoms with Crippen LogP contribution >= 0.6 is 0 Å². The fraction of sp³-hybridized carbons (Fsp3) is 0. The number of hydrogen-bond acceptors (Lipinski definition) is 3. The summed E-state index contributed by atoms with van der Waals surface area (Å²) in [5.74, 6) is 0.588. The fourth-order valence-corrected chi connectivity index (χ4v) is 2.81. The van der Waals surface area contributed by atoms with Crippen LogP contribution in [0.4, 0.5) is 0 Å². The van der Waals surface area contributed by atoms with Gasteiger partial charge in [0, 0.05) is 10.8 Å². The van der Waals surface area contributed by atoms with E-state index in [2.05, 4.69) is 12.1 Å². The second-order valence-electron chi connectivity index (χ2n) is 5.03. The van der Waals surface area contributed by atoms with E-state index < -0.39 is 0 Å². The molecule has 1 radical (unpaired) electrons. The third-order valence-electron chi connectivity index (χ3n) is 3.74. The molecule has 1 aromatic heterocycles. The molecule has 3 nitrogen and oxygen atoms in total. The van der Waals surface area contributed by atoms with Crippen LogP contribution in [0.15, 0.2) is 71.1 Å². The van der Waals surface area contributed by atoms with Gasteiger partial charge < -0.3 is 14.1 Å². The van der Waals surface area contributed by atoms with E-state index >= 15 is 0 Å². The quantitative estimate of drug-likeness (QED) is 0.575. The normalized spacial score (nSPS) is 11.0. The van der Waals surface area contributed by atoms with Crippen LogP contribution in [0.1, 0.15) is 0 Å². The molecule has 3 aromatic carbocycles. The van der Waals surface area contributed by atoms with Crippen molar-refractivity contribution in [3.63, 3.8) is 0 Å². The van der Waals surface area contributed by atoms with E-state index in [0.717, 1.165) is 33.1 Å². The molecule has 0 amide bonds. The second kappa shape index (κ2) is 5.24. The molecule has 4 rings (SSSR count). The maximum atomic E-state index is 8.80. The molecule has 4 aromatic rings. The van der Waals surface area contributed by atoms with E-state index in [1.54, 1.807) is 6.07 Å². The molecule has 0 fully saturated rings. The third-order valence-corrected chi connectivity index (χ3v) is 3.74. The molecule has 0 aliphatic carbocycles. The van der Waals surface area contributed by atoms with E-state index in [4.69, 9.17) is 14.1 Å². The predicted molar refractivity (Wildman–Crippen MR) is 87.8 cm³/mol. The molecule has 1 heterocycles. The van der Waals surface area contributed by atoms with Crippen molar-refractivity contribution in [2.24, 2.45) is 0 Å². The summed E-state index contributed by atoms with van der Waals surface area (Å²) < 4.78 is 11.0. The first kappa shape index (κ1) is 13.0. The Morgan fingerprint density at radius 3 is 2.59 bits per heavy atom. The zero-order valence-electron chi connectivity index (χ0n) is 11.7. The molecule has 0 spiro atoms. The molecule has 0 saturated heterocycles. The highest BCUT2D eigenvalue weighted by atomic mass is 16.5. The van der Waals surface area contributed by atoms with Crippen molar-refractivity contribution >= 4 is 29.6 Å². The van der Waals surface area contributed by atoms with Crippen LogP contribution in [-0.2, 0) is 0 Å². The lowest BCUT2D eigenvalue weighted by Gasteiger charge is -2.07. The van der Waals surface area contributed by atoms with Crippen molar-refractivity contribution in [1.82, 2.24) is 0 Å². The first-order valence-corrected chi connectivity index (χ1v) is 7.00. The van der Waals surface area contributed by atoms with Gasteiger partial charge in [-0.25, -0.2) is 0 Å². The average Bonchev–Trinajstić information content (AvgIpc) is 2.94. The number of hydrogen-bond donors (Lipinski definition) is 1. The molecule has 0 aliphatic heterocycles. The summed E-state index contributed by atoms with van der Waals surface area (Å²) in [4.78, 5) is 0. The Morgan fingerprint density at radius 1 is 0.864 bits per heavy atom.